The first-order valence-corrected chi connectivity index (χ1v) is 12.7. The number of hydrogen-bond acceptors (Lipinski definition) is 11. The Morgan fingerprint density at radius 1 is 1.05 bits per heavy atom. The van der Waals surface area contributed by atoms with Crippen molar-refractivity contribution in [3.63, 3.8) is 0 Å². The van der Waals surface area contributed by atoms with Gasteiger partial charge in [-0.25, -0.2) is 4.79 Å². The third-order valence-electron chi connectivity index (χ3n) is 6.83. The molecule has 4 atom stereocenters. The number of amides is 2. The number of Topliss-reactive ketones (excluding diaryl/α,β-unsaturated/α-hetero) is 1. The Kier molecular flexibility index (Phi) is 12.6. The maximum atomic E-state index is 12.9. The zero-order chi connectivity index (χ0) is 30.8. The van der Waals surface area contributed by atoms with Gasteiger partial charge in [-0.1, -0.05) is 6.42 Å². The fraction of sp³-hybridized carbons (Fsp3) is 0.708. The highest BCUT2D eigenvalue weighted by Crippen LogP contribution is 2.36. The van der Waals surface area contributed by atoms with Crippen LogP contribution in [0.3, 0.4) is 0 Å². The number of carboxylic acid groups (broad SMARTS) is 3. The molecule has 226 valence electrons. The SMILES string of the molecule is CCOC(=O)C1(N)CCCC1C(=O)[C@H](C)NC(=O)[C@@H]1CCCN1C(=O)CN.O=C(O)CC(O)(CC(=O)O)C(=O)O. The second kappa shape index (κ2) is 14.7. The fourth-order valence-corrected chi connectivity index (χ4v) is 4.79. The Balaban J connectivity index is 0.000000520. The van der Waals surface area contributed by atoms with E-state index in [1.807, 2.05) is 0 Å². The van der Waals surface area contributed by atoms with E-state index in [4.69, 9.17) is 36.6 Å². The Labute approximate surface area is 230 Å². The summed E-state index contributed by atoms with van der Waals surface area (Å²) in [7, 11) is 0. The summed E-state index contributed by atoms with van der Waals surface area (Å²) in [6, 6.07) is -1.43. The Hall–Kier alpha value is -3.63. The summed E-state index contributed by atoms with van der Waals surface area (Å²) in [6.45, 7) is 3.78. The van der Waals surface area contributed by atoms with Gasteiger partial charge in [0.15, 0.2) is 11.4 Å². The average molecular weight is 575 g/mol. The Morgan fingerprint density at radius 3 is 2.10 bits per heavy atom. The van der Waals surface area contributed by atoms with Crippen molar-refractivity contribution in [1.29, 1.82) is 0 Å². The molecule has 2 amide bonds. The van der Waals surface area contributed by atoms with Gasteiger partial charge in [-0.2, -0.15) is 0 Å². The van der Waals surface area contributed by atoms with Crippen molar-refractivity contribution >= 4 is 41.5 Å². The molecule has 9 N–H and O–H groups in total. The number of esters is 1. The normalized spacial score (nSPS) is 22.9. The van der Waals surface area contributed by atoms with Crippen LogP contribution in [0.5, 0.6) is 0 Å². The molecule has 2 rings (SSSR count). The van der Waals surface area contributed by atoms with Crippen LogP contribution in [0.4, 0.5) is 0 Å². The Morgan fingerprint density at radius 2 is 1.62 bits per heavy atom. The summed E-state index contributed by atoms with van der Waals surface area (Å²) < 4.78 is 5.04. The standard InChI is InChI=1S/C18H30N4O5.C6H8O7/c1-3-27-17(26)18(20)8-4-6-12(18)15(24)11(2)21-16(25)13-7-5-9-22(13)14(23)10-19;7-3(8)1-6(13,5(11)12)2-4(9)10/h11-13H,3-10,19-20H2,1-2H3,(H,21,25);13H,1-2H2,(H,7,8)(H,9,10)(H,11,12)/t11-,12?,13-,18?;/m0./s1. The number of ketones is 1. The molecule has 1 saturated carbocycles. The van der Waals surface area contributed by atoms with Gasteiger partial charge in [0.2, 0.25) is 11.8 Å². The lowest BCUT2D eigenvalue weighted by molar-refractivity contribution is -0.170. The van der Waals surface area contributed by atoms with Crippen LogP contribution in [0, 0.1) is 5.92 Å². The highest BCUT2D eigenvalue weighted by Gasteiger charge is 2.51. The summed E-state index contributed by atoms with van der Waals surface area (Å²) in [4.78, 5) is 81.5. The first-order chi connectivity index (χ1) is 18.5. The summed E-state index contributed by atoms with van der Waals surface area (Å²) in [5.41, 5.74) is 7.54. The second-order valence-corrected chi connectivity index (χ2v) is 9.77. The quantitative estimate of drug-likeness (QED) is 0.122. The monoisotopic (exact) mass is 574 g/mol. The van der Waals surface area contributed by atoms with Gasteiger partial charge in [-0.15, -0.1) is 0 Å². The molecule has 1 aliphatic heterocycles. The molecule has 16 heteroatoms. The molecule has 1 aliphatic carbocycles. The van der Waals surface area contributed by atoms with E-state index in [1.54, 1.807) is 13.8 Å². The molecular formula is C24H38N4O12. The minimum atomic E-state index is -2.74. The van der Waals surface area contributed by atoms with Crippen LogP contribution in [-0.2, 0) is 38.3 Å². The van der Waals surface area contributed by atoms with E-state index >= 15 is 0 Å². The lowest BCUT2D eigenvalue weighted by Crippen LogP contribution is -2.58. The number of nitrogens with zero attached hydrogens (tertiary/aromatic N) is 1. The summed E-state index contributed by atoms with van der Waals surface area (Å²) in [5, 5.41) is 36.5. The molecule has 1 heterocycles. The number of carbonyl (C=O) groups is 7. The van der Waals surface area contributed by atoms with Crippen LogP contribution >= 0.6 is 0 Å². The van der Waals surface area contributed by atoms with E-state index in [1.165, 1.54) is 4.90 Å². The van der Waals surface area contributed by atoms with E-state index in [0.717, 1.165) is 0 Å². The van der Waals surface area contributed by atoms with Gasteiger partial charge in [-0.3, -0.25) is 28.8 Å². The number of nitrogens with two attached hydrogens (primary N) is 2. The van der Waals surface area contributed by atoms with Gasteiger partial charge in [-0.05, 0) is 39.5 Å². The molecular weight excluding hydrogens is 536 g/mol. The maximum absolute atomic E-state index is 12.9. The van der Waals surface area contributed by atoms with Crippen LogP contribution in [0.25, 0.3) is 0 Å². The number of carboxylic acids is 3. The lowest BCUT2D eigenvalue weighted by Gasteiger charge is -2.30. The minimum Gasteiger partial charge on any atom is -0.481 e. The number of ether oxygens (including phenoxy) is 1. The maximum Gasteiger partial charge on any atom is 0.336 e. The molecule has 0 aromatic heterocycles. The summed E-state index contributed by atoms with van der Waals surface area (Å²) >= 11 is 0. The highest BCUT2D eigenvalue weighted by atomic mass is 16.5. The van der Waals surface area contributed by atoms with Crippen LogP contribution in [0.2, 0.25) is 0 Å². The van der Waals surface area contributed by atoms with Gasteiger partial charge in [0.05, 0.1) is 32.0 Å². The molecule has 16 nitrogen and oxygen atoms in total. The highest BCUT2D eigenvalue weighted by molar-refractivity contribution is 5.98. The van der Waals surface area contributed by atoms with Crippen LogP contribution in [0.1, 0.15) is 58.8 Å². The zero-order valence-corrected chi connectivity index (χ0v) is 22.5. The molecule has 40 heavy (non-hydrogen) atoms. The van der Waals surface area contributed by atoms with Crippen LogP contribution < -0.4 is 16.8 Å². The number of carbonyl (C=O) groups excluding carboxylic acids is 4. The smallest absolute Gasteiger partial charge is 0.336 e. The van der Waals surface area contributed by atoms with Crippen LogP contribution in [-0.4, -0.2) is 110 Å². The molecule has 2 aliphatic rings. The number of likely N-dealkylation sites (tertiary alicyclic amines) is 1. The van der Waals surface area contributed by atoms with Gasteiger partial charge in [0.1, 0.15) is 11.6 Å². The van der Waals surface area contributed by atoms with Crippen molar-refractivity contribution in [3.05, 3.63) is 0 Å². The molecule has 0 radical (unpaired) electrons. The van der Waals surface area contributed by atoms with Crippen molar-refractivity contribution in [2.24, 2.45) is 17.4 Å². The second-order valence-electron chi connectivity index (χ2n) is 9.77. The van der Waals surface area contributed by atoms with E-state index in [0.29, 0.717) is 38.6 Å². The van der Waals surface area contributed by atoms with E-state index < -0.39 is 65.9 Å². The van der Waals surface area contributed by atoms with E-state index in [9.17, 15) is 33.6 Å². The topological polar surface area (TPSA) is 277 Å². The van der Waals surface area contributed by atoms with Gasteiger partial charge < -0.3 is 46.8 Å². The number of aliphatic hydroxyl groups is 1. The summed E-state index contributed by atoms with van der Waals surface area (Å²) in [5.74, 6) is -7.24. The zero-order valence-electron chi connectivity index (χ0n) is 22.5. The molecule has 0 aromatic rings. The number of nitrogens with one attached hydrogen (secondary N) is 1. The van der Waals surface area contributed by atoms with Crippen molar-refractivity contribution in [3.8, 4) is 0 Å². The van der Waals surface area contributed by atoms with Crippen LogP contribution in [0.15, 0.2) is 0 Å². The predicted octanol–water partition coefficient (Wildman–Crippen LogP) is -2.18. The van der Waals surface area contributed by atoms with Gasteiger partial charge in [0, 0.05) is 12.5 Å². The fourth-order valence-electron chi connectivity index (χ4n) is 4.79. The summed E-state index contributed by atoms with van der Waals surface area (Å²) in [6.07, 6.45) is 0.464. The van der Waals surface area contributed by atoms with Crippen molar-refractivity contribution in [2.45, 2.75) is 82.0 Å². The predicted molar refractivity (Wildman–Crippen MR) is 134 cm³/mol. The molecule has 0 spiro atoms. The third-order valence-corrected chi connectivity index (χ3v) is 6.83. The van der Waals surface area contributed by atoms with E-state index in [-0.39, 0.29) is 30.7 Å². The van der Waals surface area contributed by atoms with Crippen molar-refractivity contribution < 1.29 is 58.7 Å². The Bertz CT molecular complexity index is 986. The first-order valence-electron chi connectivity index (χ1n) is 12.7. The molecule has 2 fully saturated rings. The number of rotatable bonds is 12. The van der Waals surface area contributed by atoms with Gasteiger partial charge >= 0.3 is 23.9 Å². The number of hydrogen-bond donors (Lipinski definition) is 7. The van der Waals surface area contributed by atoms with Crippen molar-refractivity contribution in [1.82, 2.24) is 10.2 Å². The minimum absolute atomic E-state index is 0.157. The largest absolute Gasteiger partial charge is 0.481 e. The lowest BCUT2D eigenvalue weighted by atomic mass is 9.82. The number of aliphatic carboxylic acids is 3. The van der Waals surface area contributed by atoms with Gasteiger partial charge in [0.25, 0.3) is 0 Å². The molecule has 0 aromatic carbocycles. The molecule has 1 saturated heterocycles. The van der Waals surface area contributed by atoms with E-state index in [2.05, 4.69) is 5.32 Å². The molecule has 0 bridgehead atoms. The first kappa shape index (κ1) is 34.4. The third kappa shape index (κ3) is 8.69. The van der Waals surface area contributed by atoms with Crippen molar-refractivity contribution in [2.75, 3.05) is 19.7 Å². The molecule has 2 unspecified atom stereocenters. The average Bonchev–Trinajstić information content (AvgIpc) is 3.50.